The summed E-state index contributed by atoms with van der Waals surface area (Å²) in [5, 5.41) is 0. The van der Waals surface area contributed by atoms with Gasteiger partial charge in [0, 0.05) is 0 Å². The fourth-order valence-corrected chi connectivity index (χ4v) is 1.96. The Morgan fingerprint density at radius 3 is 2.67 bits per heavy atom. The number of aromatic nitrogens is 4. The van der Waals surface area contributed by atoms with Crippen molar-refractivity contribution in [1.29, 1.82) is 0 Å². The van der Waals surface area contributed by atoms with Crippen molar-refractivity contribution >= 4 is 23.1 Å². The van der Waals surface area contributed by atoms with Crippen molar-refractivity contribution in [3.05, 3.63) is 36.0 Å². The highest BCUT2D eigenvalue weighted by molar-refractivity contribution is 5.77. The van der Waals surface area contributed by atoms with Crippen molar-refractivity contribution in [3.63, 3.8) is 0 Å². The number of benzene rings is 1. The van der Waals surface area contributed by atoms with Crippen LogP contribution in [0, 0.1) is 6.92 Å². The number of anilines is 2. The average molecular weight is 240 g/mol. The van der Waals surface area contributed by atoms with E-state index >= 15 is 0 Å². The van der Waals surface area contributed by atoms with Crippen LogP contribution in [0.4, 0.5) is 11.9 Å². The number of imidazole rings is 1. The number of rotatable bonds is 1. The minimum Gasteiger partial charge on any atom is -0.369 e. The van der Waals surface area contributed by atoms with Gasteiger partial charge in [-0.25, -0.2) is 9.97 Å². The van der Waals surface area contributed by atoms with Crippen molar-refractivity contribution in [1.82, 2.24) is 19.5 Å². The number of hydrogen-bond donors (Lipinski definition) is 2. The van der Waals surface area contributed by atoms with Crippen LogP contribution in [0.2, 0.25) is 0 Å². The van der Waals surface area contributed by atoms with Crippen molar-refractivity contribution < 1.29 is 0 Å². The quantitative estimate of drug-likeness (QED) is 0.668. The summed E-state index contributed by atoms with van der Waals surface area (Å²) >= 11 is 0. The number of hydrogen-bond acceptors (Lipinski definition) is 5. The predicted molar refractivity (Wildman–Crippen MR) is 70.2 cm³/mol. The summed E-state index contributed by atoms with van der Waals surface area (Å²) in [7, 11) is 0. The van der Waals surface area contributed by atoms with Crippen molar-refractivity contribution in [2.24, 2.45) is 0 Å². The number of para-hydroxylation sites is 1. The van der Waals surface area contributed by atoms with E-state index in [0.717, 1.165) is 11.3 Å². The third kappa shape index (κ3) is 1.46. The molecule has 0 saturated heterocycles. The van der Waals surface area contributed by atoms with Crippen LogP contribution < -0.4 is 11.5 Å². The molecule has 0 unspecified atom stereocenters. The molecule has 2 aromatic heterocycles. The number of aryl methyl sites for hydroxylation is 1. The van der Waals surface area contributed by atoms with Crippen LogP contribution in [-0.4, -0.2) is 19.5 Å². The van der Waals surface area contributed by atoms with Crippen LogP contribution in [0.15, 0.2) is 30.5 Å². The Morgan fingerprint density at radius 2 is 1.89 bits per heavy atom. The molecular weight excluding hydrogens is 228 g/mol. The van der Waals surface area contributed by atoms with Gasteiger partial charge in [0.1, 0.15) is 5.52 Å². The van der Waals surface area contributed by atoms with E-state index in [-0.39, 0.29) is 5.95 Å². The van der Waals surface area contributed by atoms with Crippen LogP contribution in [0.25, 0.3) is 16.9 Å². The van der Waals surface area contributed by atoms with E-state index in [1.54, 1.807) is 10.8 Å². The Balaban J connectivity index is 2.38. The highest BCUT2D eigenvalue weighted by atomic mass is 15.2. The van der Waals surface area contributed by atoms with Crippen molar-refractivity contribution in [2.45, 2.75) is 6.92 Å². The van der Waals surface area contributed by atoms with E-state index in [9.17, 15) is 0 Å². The summed E-state index contributed by atoms with van der Waals surface area (Å²) in [6, 6.07) is 7.88. The normalized spacial score (nSPS) is 10.9. The second-order valence-electron chi connectivity index (χ2n) is 4.03. The monoisotopic (exact) mass is 240 g/mol. The van der Waals surface area contributed by atoms with Gasteiger partial charge in [-0.05, 0) is 18.6 Å². The molecule has 0 bridgehead atoms. The van der Waals surface area contributed by atoms with E-state index in [0.29, 0.717) is 17.1 Å². The first-order valence-corrected chi connectivity index (χ1v) is 5.49. The van der Waals surface area contributed by atoms with Crippen LogP contribution >= 0.6 is 0 Å². The van der Waals surface area contributed by atoms with E-state index in [2.05, 4.69) is 15.0 Å². The van der Waals surface area contributed by atoms with Gasteiger partial charge in [-0.2, -0.15) is 4.98 Å². The molecule has 3 aromatic rings. The molecule has 0 spiro atoms. The first-order chi connectivity index (χ1) is 8.66. The molecule has 0 radical (unpaired) electrons. The lowest BCUT2D eigenvalue weighted by Crippen LogP contribution is -2.04. The lowest BCUT2D eigenvalue weighted by molar-refractivity contribution is 1.06. The van der Waals surface area contributed by atoms with Gasteiger partial charge in [0.2, 0.25) is 11.9 Å². The maximum absolute atomic E-state index is 5.95. The average Bonchev–Trinajstić information content (AvgIpc) is 2.66. The molecule has 6 nitrogen and oxygen atoms in total. The van der Waals surface area contributed by atoms with Gasteiger partial charge in [-0.1, -0.05) is 18.2 Å². The molecule has 0 aliphatic heterocycles. The Labute approximate surface area is 103 Å². The molecule has 0 amide bonds. The molecule has 6 heteroatoms. The van der Waals surface area contributed by atoms with Gasteiger partial charge < -0.3 is 11.5 Å². The third-order valence-corrected chi connectivity index (χ3v) is 2.80. The second-order valence-corrected chi connectivity index (χ2v) is 4.03. The molecular formula is C12H12N6. The molecule has 90 valence electrons. The minimum absolute atomic E-state index is 0.206. The highest BCUT2D eigenvalue weighted by Crippen LogP contribution is 2.23. The first kappa shape index (κ1) is 10.5. The lowest BCUT2D eigenvalue weighted by Gasteiger charge is -2.08. The SMILES string of the molecule is Cc1ccccc1-n1c(N)nc2cnc(N)nc21. The van der Waals surface area contributed by atoms with Crippen LogP contribution in [-0.2, 0) is 0 Å². The number of nitrogens with two attached hydrogens (primary N) is 2. The lowest BCUT2D eigenvalue weighted by atomic mass is 10.2. The zero-order chi connectivity index (χ0) is 12.7. The third-order valence-electron chi connectivity index (χ3n) is 2.80. The predicted octanol–water partition coefficient (Wildman–Crippen LogP) is 1.29. The molecule has 0 aliphatic carbocycles. The summed E-state index contributed by atoms with van der Waals surface area (Å²) in [4.78, 5) is 12.3. The Morgan fingerprint density at radius 1 is 1.11 bits per heavy atom. The number of nitrogens with zero attached hydrogens (tertiary/aromatic N) is 4. The van der Waals surface area contributed by atoms with Gasteiger partial charge in [0.15, 0.2) is 5.65 Å². The van der Waals surface area contributed by atoms with Crippen molar-refractivity contribution in [2.75, 3.05) is 11.5 Å². The number of fused-ring (bicyclic) bond motifs is 1. The fraction of sp³-hybridized carbons (Fsp3) is 0.0833. The molecule has 0 atom stereocenters. The molecule has 0 aliphatic rings. The molecule has 2 heterocycles. The maximum Gasteiger partial charge on any atom is 0.222 e. The molecule has 1 aromatic carbocycles. The van der Waals surface area contributed by atoms with Crippen LogP contribution in [0.5, 0.6) is 0 Å². The summed E-state index contributed by atoms with van der Waals surface area (Å²) in [6.07, 6.45) is 1.57. The van der Waals surface area contributed by atoms with Gasteiger partial charge in [-0.15, -0.1) is 0 Å². The molecule has 0 saturated carbocycles. The van der Waals surface area contributed by atoms with E-state index in [1.807, 2.05) is 31.2 Å². The standard InChI is InChI=1S/C12H12N6/c1-7-4-2-3-5-9(7)18-10-8(16-12(18)14)6-15-11(13)17-10/h2-6H,1H3,(H2,14,16)(H2,13,15,17). The Hall–Kier alpha value is -2.63. The topological polar surface area (TPSA) is 95.6 Å². The largest absolute Gasteiger partial charge is 0.369 e. The second kappa shape index (κ2) is 3.69. The number of nitrogen functional groups attached to an aromatic ring is 2. The molecule has 4 N–H and O–H groups in total. The maximum atomic E-state index is 5.95. The van der Waals surface area contributed by atoms with Crippen molar-refractivity contribution in [3.8, 4) is 5.69 Å². The summed E-state index contributed by atoms with van der Waals surface area (Å²) < 4.78 is 1.78. The van der Waals surface area contributed by atoms with Crippen LogP contribution in [0.1, 0.15) is 5.56 Å². The minimum atomic E-state index is 0.206. The van der Waals surface area contributed by atoms with E-state index in [4.69, 9.17) is 11.5 Å². The molecule has 18 heavy (non-hydrogen) atoms. The van der Waals surface area contributed by atoms with Gasteiger partial charge in [0.25, 0.3) is 0 Å². The zero-order valence-electron chi connectivity index (χ0n) is 9.83. The molecule has 0 fully saturated rings. The van der Waals surface area contributed by atoms with Gasteiger partial charge in [0.05, 0.1) is 11.9 Å². The summed E-state index contributed by atoms with van der Waals surface area (Å²) in [5.74, 6) is 0.580. The van der Waals surface area contributed by atoms with Crippen LogP contribution in [0.3, 0.4) is 0 Å². The Bertz CT molecular complexity index is 731. The molecule has 3 rings (SSSR count). The summed E-state index contributed by atoms with van der Waals surface area (Å²) in [6.45, 7) is 2.01. The smallest absolute Gasteiger partial charge is 0.222 e. The first-order valence-electron chi connectivity index (χ1n) is 5.49. The zero-order valence-corrected chi connectivity index (χ0v) is 9.83. The highest BCUT2D eigenvalue weighted by Gasteiger charge is 2.13. The Kier molecular flexibility index (Phi) is 2.16. The summed E-state index contributed by atoms with van der Waals surface area (Å²) in [5.41, 5.74) is 14.8. The fourth-order valence-electron chi connectivity index (χ4n) is 1.96. The van der Waals surface area contributed by atoms with Gasteiger partial charge >= 0.3 is 0 Å². The van der Waals surface area contributed by atoms with Gasteiger partial charge in [-0.3, -0.25) is 4.57 Å². The van der Waals surface area contributed by atoms with E-state index in [1.165, 1.54) is 0 Å². The van der Waals surface area contributed by atoms with E-state index < -0.39 is 0 Å².